The summed E-state index contributed by atoms with van der Waals surface area (Å²) in [6, 6.07) is 6.02. The molecule has 0 bridgehead atoms. The van der Waals surface area contributed by atoms with Gasteiger partial charge in [0.05, 0.1) is 19.3 Å². The Morgan fingerprint density at radius 3 is 3.10 bits per heavy atom. The normalized spacial score (nSPS) is 28.8. The Kier molecular flexibility index (Phi) is 5.02. The lowest BCUT2D eigenvalue weighted by atomic mass is 9.91. The maximum Gasteiger partial charge on any atom is 0.127 e. The van der Waals surface area contributed by atoms with E-state index in [1.54, 1.807) is 7.11 Å². The largest absolute Gasteiger partial charge is 0.497 e. The first-order valence-electron chi connectivity index (χ1n) is 7.36. The van der Waals surface area contributed by atoms with E-state index in [-0.39, 0.29) is 11.7 Å². The summed E-state index contributed by atoms with van der Waals surface area (Å²) in [5.41, 5.74) is 1.22. The molecule has 2 heterocycles. The molecule has 1 spiro atoms. The van der Waals surface area contributed by atoms with Gasteiger partial charge < -0.3 is 14.2 Å². The van der Waals surface area contributed by atoms with Crippen LogP contribution in [0.2, 0.25) is 0 Å². The quantitative estimate of drug-likeness (QED) is 0.745. The highest BCUT2D eigenvalue weighted by atomic mass is 79.9. The molecule has 2 saturated heterocycles. The highest BCUT2D eigenvalue weighted by Gasteiger charge is 2.41. The number of rotatable bonds is 4. The predicted octanol–water partition coefficient (Wildman–Crippen LogP) is 4.02. The van der Waals surface area contributed by atoms with Gasteiger partial charge in [-0.2, -0.15) is 11.8 Å². The van der Waals surface area contributed by atoms with Crippen LogP contribution < -0.4 is 9.47 Å². The molecule has 3 rings (SSSR count). The van der Waals surface area contributed by atoms with E-state index in [2.05, 4.69) is 22.0 Å². The topological polar surface area (TPSA) is 27.7 Å². The van der Waals surface area contributed by atoms with E-state index in [0.29, 0.717) is 0 Å². The Morgan fingerprint density at radius 1 is 1.48 bits per heavy atom. The second-order valence-electron chi connectivity index (χ2n) is 5.67. The Hall–Kier alpha value is -0.390. The molecule has 0 radical (unpaired) electrons. The molecular weight excluding hydrogens is 352 g/mol. The van der Waals surface area contributed by atoms with E-state index >= 15 is 0 Å². The van der Waals surface area contributed by atoms with E-state index in [1.165, 1.54) is 5.75 Å². The van der Waals surface area contributed by atoms with E-state index < -0.39 is 0 Å². The molecule has 1 aromatic rings. The number of alkyl halides is 1. The Bertz CT molecular complexity index is 488. The SMILES string of the molecule is COc1ccc(CBr)c(OC2CCOC3(CCSC3)C2)c1. The summed E-state index contributed by atoms with van der Waals surface area (Å²) in [5, 5.41) is 0.788. The molecule has 116 valence electrons. The maximum atomic E-state index is 6.31. The minimum absolute atomic E-state index is 0.0566. The number of hydrogen-bond donors (Lipinski definition) is 0. The van der Waals surface area contributed by atoms with Crippen LogP contribution in [-0.4, -0.2) is 36.9 Å². The van der Waals surface area contributed by atoms with Gasteiger partial charge in [0.25, 0.3) is 0 Å². The number of halogens is 1. The monoisotopic (exact) mass is 372 g/mol. The fourth-order valence-electron chi connectivity index (χ4n) is 3.01. The average molecular weight is 373 g/mol. The average Bonchev–Trinajstić information content (AvgIpc) is 2.95. The first-order chi connectivity index (χ1) is 10.2. The fraction of sp³-hybridized carbons (Fsp3) is 0.625. The highest BCUT2D eigenvalue weighted by Crippen LogP contribution is 2.40. The zero-order valence-corrected chi connectivity index (χ0v) is 14.7. The van der Waals surface area contributed by atoms with Crippen molar-refractivity contribution >= 4 is 27.7 Å². The summed E-state index contributed by atoms with van der Waals surface area (Å²) >= 11 is 5.52. The number of methoxy groups -OCH3 is 1. The third-order valence-electron chi connectivity index (χ3n) is 4.23. The molecule has 0 amide bonds. The summed E-state index contributed by atoms with van der Waals surface area (Å²) in [6.45, 7) is 0.804. The first kappa shape index (κ1) is 15.5. The van der Waals surface area contributed by atoms with Gasteiger partial charge in [-0.05, 0) is 18.2 Å². The van der Waals surface area contributed by atoms with Crippen LogP contribution in [0.25, 0.3) is 0 Å². The van der Waals surface area contributed by atoms with Crippen LogP contribution in [0.5, 0.6) is 11.5 Å². The van der Waals surface area contributed by atoms with Crippen LogP contribution in [-0.2, 0) is 10.1 Å². The molecule has 0 aliphatic carbocycles. The van der Waals surface area contributed by atoms with E-state index in [4.69, 9.17) is 14.2 Å². The van der Waals surface area contributed by atoms with Crippen molar-refractivity contribution in [3.63, 3.8) is 0 Å². The van der Waals surface area contributed by atoms with Gasteiger partial charge >= 0.3 is 0 Å². The van der Waals surface area contributed by atoms with Gasteiger partial charge in [-0.1, -0.05) is 22.0 Å². The minimum atomic E-state index is 0.0566. The molecular formula is C16H21BrO3S. The van der Waals surface area contributed by atoms with Crippen LogP contribution in [0, 0.1) is 0 Å². The van der Waals surface area contributed by atoms with Crippen LogP contribution in [0.1, 0.15) is 24.8 Å². The van der Waals surface area contributed by atoms with E-state index in [9.17, 15) is 0 Å². The van der Waals surface area contributed by atoms with Gasteiger partial charge in [0.2, 0.25) is 0 Å². The van der Waals surface area contributed by atoms with Gasteiger partial charge in [-0.3, -0.25) is 0 Å². The third-order valence-corrected chi connectivity index (χ3v) is 6.05. The molecule has 5 heteroatoms. The van der Waals surface area contributed by atoms with Crippen LogP contribution in [0.15, 0.2) is 18.2 Å². The maximum absolute atomic E-state index is 6.31. The lowest BCUT2D eigenvalue weighted by Gasteiger charge is -2.37. The molecule has 2 aliphatic heterocycles. The molecule has 21 heavy (non-hydrogen) atoms. The van der Waals surface area contributed by atoms with E-state index in [1.807, 2.05) is 23.9 Å². The molecule has 0 aromatic heterocycles. The highest BCUT2D eigenvalue weighted by molar-refractivity contribution is 9.08. The van der Waals surface area contributed by atoms with Crippen molar-refractivity contribution in [3.8, 4) is 11.5 Å². The number of ether oxygens (including phenoxy) is 3. The van der Waals surface area contributed by atoms with Gasteiger partial charge in [-0.25, -0.2) is 0 Å². The molecule has 0 saturated carbocycles. The Morgan fingerprint density at radius 2 is 2.38 bits per heavy atom. The lowest BCUT2D eigenvalue weighted by Crippen LogP contribution is -2.43. The van der Waals surface area contributed by atoms with Gasteiger partial charge in [0.15, 0.2) is 0 Å². The Balaban J connectivity index is 1.73. The summed E-state index contributed by atoms with van der Waals surface area (Å²) in [4.78, 5) is 0. The van der Waals surface area contributed by atoms with Crippen molar-refractivity contribution in [2.24, 2.45) is 0 Å². The van der Waals surface area contributed by atoms with Crippen molar-refractivity contribution < 1.29 is 14.2 Å². The molecule has 3 nitrogen and oxygen atoms in total. The zero-order chi connectivity index (χ0) is 14.7. The lowest BCUT2D eigenvalue weighted by molar-refractivity contribution is -0.0960. The van der Waals surface area contributed by atoms with Crippen LogP contribution in [0.3, 0.4) is 0 Å². The third kappa shape index (κ3) is 3.51. The molecule has 2 atom stereocenters. The molecule has 2 aliphatic rings. The first-order valence-corrected chi connectivity index (χ1v) is 9.63. The Labute approximate surface area is 138 Å². The summed E-state index contributed by atoms with van der Waals surface area (Å²) in [5.74, 6) is 4.08. The summed E-state index contributed by atoms with van der Waals surface area (Å²) in [7, 11) is 1.69. The van der Waals surface area contributed by atoms with Crippen molar-refractivity contribution in [3.05, 3.63) is 23.8 Å². The van der Waals surface area contributed by atoms with E-state index in [0.717, 1.165) is 54.0 Å². The van der Waals surface area contributed by atoms with Crippen molar-refractivity contribution in [1.29, 1.82) is 0 Å². The molecule has 2 unspecified atom stereocenters. The number of thioether (sulfide) groups is 1. The van der Waals surface area contributed by atoms with Crippen LogP contribution in [0.4, 0.5) is 0 Å². The molecule has 2 fully saturated rings. The van der Waals surface area contributed by atoms with Gasteiger partial charge in [-0.15, -0.1) is 0 Å². The second-order valence-corrected chi connectivity index (χ2v) is 7.34. The number of benzene rings is 1. The summed E-state index contributed by atoms with van der Waals surface area (Å²) < 4.78 is 17.7. The molecule has 0 N–H and O–H groups in total. The van der Waals surface area contributed by atoms with Crippen LogP contribution >= 0.6 is 27.7 Å². The van der Waals surface area contributed by atoms with Crippen molar-refractivity contribution in [2.75, 3.05) is 25.2 Å². The second kappa shape index (κ2) is 6.80. The molecule has 1 aromatic carbocycles. The van der Waals surface area contributed by atoms with Gasteiger partial charge in [0, 0.05) is 35.6 Å². The van der Waals surface area contributed by atoms with Crippen molar-refractivity contribution in [2.45, 2.75) is 36.3 Å². The predicted molar refractivity (Wildman–Crippen MR) is 89.9 cm³/mol. The van der Waals surface area contributed by atoms with Gasteiger partial charge in [0.1, 0.15) is 17.6 Å². The van der Waals surface area contributed by atoms with Crippen molar-refractivity contribution in [1.82, 2.24) is 0 Å². The zero-order valence-electron chi connectivity index (χ0n) is 12.3. The number of hydrogen-bond acceptors (Lipinski definition) is 4. The smallest absolute Gasteiger partial charge is 0.127 e. The fourth-order valence-corrected chi connectivity index (χ4v) is 4.85. The summed E-state index contributed by atoms with van der Waals surface area (Å²) in [6.07, 6.45) is 3.35. The minimum Gasteiger partial charge on any atom is -0.497 e. The standard InChI is InChI=1S/C16H21BrO3S/c1-18-13-3-2-12(10-17)15(8-13)20-14-4-6-19-16(9-14)5-7-21-11-16/h2-3,8,14H,4-7,9-11H2,1H3.